The van der Waals surface area contributed by atoms with Crippen LogP contribution >= 0.6 is 0 Å². The van der Waals surface area contributed by atoms with Crippen LogP contribution in [0.15, 0.2) is 53.3 Å². The Morgan fingerprint density at radius 3 is 2.57 bits per heavy atom. The Bertz CT molecular complexity index is 708. The molecule has 0 fully saturated rings. The summed E-state index contributed by atoms with van der Waals surface area (Å²) < 4.78 is 5.24. The van der Waals surface area contributed by atoms with Gasteiger partial charge in [0, 0.05) is 17.5 Å². The second kappa shape index (κ2) is 5.40. The first kappa shape index (κ1) is 13.4. The van der Waals surface area contributed by atoms with Crippen molar-refractivity contribution in [2.75, 3.05) is 0 Å². The standard InChI is InChI=1S/C17H16N2O2/c1-11(2)12-5-7-13(8-6-12)16-19-15(17(20)21-16)10-14-4-3-9-18-14/h3-11,18H,1-2H3/b15-10+. The molecule has 1 aliphatic heterocycles. The second-order valence-corrected chi connectivity index (χ2v) is 5.24. The molecule has 2 aromatic rings. The molecule has 0 spiro atoms. The van der Waals surface area contributed by atoms with Gasteiger partial charge in [0.05, 0.1) is 0 Å². The Balaban J connectivity index is 1.88. The van der Waals surface area contributed by atoms with E-state index < -0.39 is 5.97 Å². The summed E-state index contributed by atoms with van der Waals surface area (Å²) in [6, 6.07) is 11.7. The van der Waals surface area contributed by atoms with Gasteiger partial charge in [0.15, 0.2) is 5.70 Å². The third kappa shape index (κ3) is 2.79. The first-order valence-corrected chi connectivity index (χ1v) is 6.90. The molecular weight excluding hydrogens is 264 g/mol. The zero-order valence-electron chi connectivity index (χ0n) is 12.0. The van der Waals surface area contributed by atoms with Crippen LogP contribution in [0.3, 0.4) is 0 Å². The summed E-state index contributed by atoms with van der Waals surface area (Å²) >= 11 is 0. The first-order valence-electron chi connectivity index (χ1n) is 6.90. The molecule has 2 heterocycles. The zero-order valence-corrected chi connectivity index (χ0v) is 12.0. The molecule has 0 amide bonds. The molecule has 106 valence electrons. The quantitative estimate of drug-likeness (QED) is 0.691. The number of carbonyl (C=O) groups is 1. The van der Waals surface area contributed by atoms with Gasteiger partial charge in [-0.05, 0) is 41.8 Å². The molecule has 4 nitrogen and oxygen atoms in total. The van der Waals surface area contributed by atoms with Crippen LogP contribution in [-0.2, 0) is 9.53 Å². The highest BCUT2D eigenvalue weighted by molar-refractivity contribution is 6.12. The number of aromatic amines is 1. The van der Waals surface area contributed by atoms with Crippen molar-refractivity contribution in [1.82, 2.24) is 4.98 Å². The second-order valence-electron chi connectivity index (χ2n) is 5.24. The largest absolute Gasteiger partial charge is 0.402 e. The van der Waals surface area contributed by atoms with Crippen molar-refractivity contribution < 1.29 is 9.53 Å². The molecule has 3 rings (SSSR count). The summed E-state index contributed by atoms with van der Waals surface area (Å²) in [5.41, 5.74) is 3.18. The lowest BCUT2D eigenvalue weighted by Crippen LogP contribution is -2.05. The van der Waals surface area contributed by atoms with Crippen molar-refractivity contribution >= 4 is 17.9 Å². The number of cyclic esters (lactones) is 1. The van der Waals surface area contributed by atoms with Gasteiger partial charge < -0.3 is 9.72 Å². The fourth-order valence-corrected chi connectivity index (χ4v) is 2.12. The Labute approximate surface area is 123 Å². The molecular formula is C17H16N2O2. The predicted molar refractivity (Wildman–Crippen MR) is 81.9 cm³/mol. The number of aromatic nitrogens is 1. The van der Waals surface area contributed by atoms with Crippen molar-refractivity contribution in [3.05, 3.63) is 65.1 Å². The predicted octanol–water partition coefficient (Wildman–Crippen LogP) is 3.48. The molecule has 21 heavy (non-hydrogen) atoms. The fraction of sp³-hybridized carbons (Fsp3) is 0.176. The maximum atomic E-state index is 11.8. The number of esters is 1. The highest BCUT2D eigenvalue weighted by Gasteiger charge is 2.24. The molecule has 0 radical (unpaired) electrons. The Kier molecular flexibility index (Phi) is 3.44. The van der Waals surface area contributed by atoms with Crippen LogP contribution in [0.5, 0.6) is 0 Å². The summed E-state index contributed by atoms with van der Waals surface area (Å²) in [4.78, 5) is 19.1. The molecule has 1 aliphatic rings. The van der Waals surface area contributed by atoms with Gasteiger partial charge in [-0.1, -0.05) is 26.0 Å². The maximum Gasteiger partial charge on any atom is 0.363 e. The van der Waals surface area contributed by atoms with Crippen molar-refractivity contribution in [3.8, 4) is 0 Å². The molecule has 0 bridgehead atoms. The lowest BCUT2D eigenvalue weighted by atomic mass is 10.0. The lowest BCUT2D eigenvalue weighted by Gasteiger charge is -2.05. The van der Waals surface area contributed by atoms with E-state index in [-0.39, 0.29) is 0 Å². The highest BCUT2D eigenvalue weighted by atomic mass is 16.6. The molecule has 1 aromatic heterocycles. The minimum atomic E-state index is -0.424. The van der Waals surface area contributed by atoms with Crippen LogP contribution in [0.2, 0.25) is 0 Å². The van der Waals surface area contributed by atoms with Crippen molar-refractivity contribution in [2.24, 2.45) is 4.99 Å². The number of benzene rings is 1. The van der Waals surface area contributed by atoms with E-state index in [1.54, 1.807) is 12.3 Å². The molecule has 0 unspecified atom stereocenters. The molecule has 1 N–H and O–H groups in total. The van der Waals surface area contributed by atoms with Crippen LogP contribution < -0.4 is 0 Å². The van der Waals surface area contributed by atoms with Crippen molar-refractivity contribution in [3.63, 3.8) is 0 Å². The smallest absolute Gasteiger partial charge is 0.363 e. The zero-order chi connectivity index (χ0) is 14.8. The molecule has 0 saturated carbocycles. The van der Waals surface area contributed by atoms with Gasteiger partial charge in [-0.25, -0.2) is 9.79 Å². The number of H-pyrrole nitrogens is 1. The van der Waals surface area contributed by atoms with E-state index in [2.05, 4.69) is 23.8 Å². The number of aliphatic imine (C=N–C) groups is 1. The summed E-state index contributed by atoms with van der Waals surface area (Å²) in [6.45, 7) is 4.28. The fourth-order valence-electron chi connectivity index (χ4n) is 2.12. The van der Waals surface area contributed by atoms with E-state index in [0.717, 1.165) is 11.3 Å². The monoisotopic (exact) mass is 280 g/mol. The Hall–Kier alpha value is -2.62. The molecule has 0 atom stereocenters. The van der Waals surface area contributed by atoms with E-state index in [4.69, 9.17) is 4.74 Å². The van der Waals surface area contributed by atoms with Gasteiger partial charge >= 0.3 is 5.97 Å². The number of nitrogens with zero attached hydrogens (tertiary/aromatic N) is 1. The number of nitrogens with one attached hydrogen (secondary N) is 1. The summed E-state index contributed by atoms with van der Waals surface area (Å²) in [7, 11) is 0. The lowest BCUT2D eigenvalue weighted by molar-refractivity contribution is -0.129. The van der Waals surface area contributed by atoms with Crippen LogP contribution in [0.25, 0.3) is 6.08 Å². The minimum absolute atomic E-state index is 0.306. The average Bonchev–Trinajstić information content (AvgIpc) is 3.10. The van der Waals surface area contributed by atoms with Crippen LogP contribution in [-0.4, -0.2) is 16.9 Å². The van der Waals surface area contributed by atoms with Gasteiger partial charge in [-0.3, -0.25) is 0 Å². The van der Waals surface area contributed by atoms with Gasteiger partial charge in [0.1, 0.15) is 0 Å². The normalized spacial score (nSPS) is 16.4. The van der Waals surface area contributed by atoms with E-state index in [1.165, 1.54) is 5.56 Å². The summed E-state index contributed by atoms with van der Waals surface area (Å²) in [6.07, 6.45) is 3.47. The van der Waals surface area contributed by atoms with Crippen molar-refractivity contribution in [2.45, 2.75) is 19.8 Å². The van der Waals surface area contributed by atoms with E-state index in [9.17, 15) is 4.79 Å². The maximum absolute atomic E-state index is 11.8. The third-order valence-electron chi connectivity index (χ3n) is 3.36. The number of ether oxygens (including phenoxy) is 1. The van der Waals surface area contributed by atoms with Crippen LogP contribution in [0.1, 0.15) is 36.6 Å². The highest BCUT2D eigenvalue weighted by Crippen LogP contribution is 2.20. The molecule has 0 aliphatic carbocycles. The SMILES string of the molecule is CC(C)c1ccc(C2=N/C(=C/c3ccc[nH]3)C(=O)O2)cc1. The number of rotatable bonds is 3. The topological polar surface area (TPSA) is 54.5 Å². The first-order chi connectivity index (χ1) is 10.1. The number of carbonyl (C=O) groups excluding carboxylic acids is 1. The van der Waals surface area contributed by atoms with Crippen LogP contribution in [0.4, 0.5) is 0 Å². The number of hydrogen-bond donors (Lipinski definition) is 1. The minimum Gasteiger partial charge on any atom is -0.402 e. The van der Waals surface area contributed by atoms with E-state index in [0.29, 0.717) is 17.5 Å². The molecule has 0 saturated heterocycles. The molecule has 4 heteroatoms. The van der Waals surface area contributed by atoms with Gasteiger partial charge in [-0.15, -0.1) is 0 Å². The van der Waals surface area contributed by atoms with E-state index >= 15 is 0 Å². The third-order valence-corrected chi connectivity index (χ3v) is 3.36. The van der Waals surface area contributed by atoms with Gasteiger partial charge in [-0.2, -0.15) is 0 Å². The summed E-state index contributed by atoms with van der Waals surface area (Å²) in [5, 5.41) is 0. The Morgan fingerprint density at radius 2 is 1.95 bits per heavy atom. The van der Waals surface area contributed by atoms with Crippen LogP contribution in [0, 0.1) is 0 Å². The van der Waals surface area contributed by atoms with E-state index in [1.807, 2.05) is 36.4 Å². The van der Waals surface area contributed by atoms with Gasteiger partial charge in [0.25, 0.3) is 0 Å². The average molecular weight is 280 g/mol. The Morgan fingerprint density at radius 1 is 1.19 bits per heavy atom. The summed E-state index contributed by atoms with van der Waals surface area (Å²) in [5.74, 6) is 0.399. The number of hydrogen-bond acceptors (Lipinski definition) is 3. The van der Waals surface area contributed by atoms with Gasteiger partial charge in [0.2, 0.25) is 5.90 Å². The van der Waals surface area contributed by atoms with Crippen molar-refractivity contribution in [1.29, 1.82) is 0 Å². The molecule has 1 aromatic carbocycles.